The Labute approximate surface area is 68.3 Å². The van der Waals surface area contributed by atoms with Gasteiger partial charge in [0.1, 0.15) is 0 Å². The topological polar surface area (TPSA) is 110 Å². The minimum atomic E-state index is -1.63. The van der Waals surface area contributed by atoms with E-state index in [2.05, 4.69) is 4.98 Å². The van der Waals surface area contributed by atoms with Crippen LogP contribution in [0.15, 0.2) is 18.3 Å². The summed E-state index contributed by atoms with van der Waals surface area (Å²) in [4.78, 5) is 3.23. The maximum absolute atomic E-state index is 12.2. The number of nitrogens with zero attached hydrogens (tertiary/aromatic N) is 1. The van der Waals surface area contributed by atoms with Crippen molar-refractivity contribution in [3.8, 4) is 0 Å². The third-order valence-electron chi connectivity index (χ3n) is 1.05. The van der Waals surface area contributed by atoms with Crippen molar-refractivity contribution < 1.29 is 25.4 Å². The molecule has 0 spiro atoms. The molecule has 1 aromatic rings. The highest BCUT2D eigenvalue weighted by Gasteiger charge is 2.10. The van der Waals surface area contributed by atoms with E-state index in [4.69, 9.17) is 10.0 Å². The lowest BCUT2D eigenvalue weighted by Crippen LogP contribution is -2.30. The molecule has 7 heteroatoms. The first-order valence-electron chi connectivity index (χ1n) is 2.68. The molecule has 64 valence electrons. The summed E-state index contributed by atoms with van der Waals surface area (Å²) in [6, 6.07) is 2.29. The molecule has 0 atom stereocenters. The lowest BCUT2D eigenvalue weighted by molar-refractivity contribution is 0.425. The van der Waals surface area contributed by atoms with Crippen LogP contribution in [0.2, 0.25) is 0 Å². The summed E-state index contributed by atoms with van der Waals surface area (Å²) in [5.74, 6) is -0.717. The van der Waals surface area contributed by atoms with Gasteiger partial charge in [0.15, 0.2) is 0 Å². The first-order chi connectivity index (χ1) is 4.70. The summed E-state index contributed by atoms with van der Waals surface area (Å²) in [6.45, 7) is 0. The van der Waals surface area contributed by atoms with Gasteiger partial charge in [-0.3, -0.25) is 0 Å². The molecule has 1 rings (SSSR count). The number of pyridine rings is 1. The predicted molar refractivity (Wildman–Crippen MR) is 35.4 cm³/mol. The Morgan fingerprint density at radius 2 is 1.92 bits per heavy atom. The number of rotatable bonds is 1. The van der Waals surface area contributed by atoms with Crippen molar-refractivity contribution in [2.24, 2.45) is 0 Å². The molecule has 2 N–H and O–H groups in total. The molecular formula is C5H5BFNO4. The number of hydrogen-bond acceptors (Lipinski definition) is 3. The molecule has 0 aliphatic rings. The minimum Gasteiger partial charge on any atom is -0.423 e. The van der Waals surface area contributed by atoms with E-state index in [1.165, 1.54) is 12.3 Å². The Hall–Kier alpha value is -1.02. The molecule has 1 heterocycles. The van der Waals surface area contributed by atoms with Gasteiger partial charge < -0.3 is 10.0 Å². The van der Waals surface area contributed by atoms with Crippen LogP contribution in [0.5, 0.6) is 0 Å². The zero-order valence-corrected chi connectivity index (χ0v) is 5.85. The molecule has 0 aliphatic carbocycles. The van der Waals surface area contributed by atoms with E-state index in [-0.39, 0.29) is 16.4 Å². The molecule has 12 heavy (non-hydrogen) atoms. The molecule has 0 saturated carbocycles. The van der Waals surface area contributed by atoms with Gasteiger partial charge in [-0.15, -0.1) is 0 Å². The zero-order valence-electron chi connectivity index (χ0n) is 5.85. The normalized spacial score (nSPS) is 7.92. The number of halogens is 1. The van der Waals surface area contributed by atoms with Gasteiger partial charge >= 0.3 is 7.12 Å². The van der Waals surface area contributed by atoms with Gasteiger partial charge in [-0.05, 0) is 17.6 Å². The van der Waals surface area contributed by atoms with Gasteiger partial charge in [0, 0.05) is 17.1 Å². The van der Waals surface area contributed by atoms with E-state index in [1.54, 1.807) is 0 Å². The first-order valence-corrected chi connectivity index (χ1v) is 2.68. The summed E-state index contributed by atoms with van der Waals surface area (Å²) in [6.07, 6.45) is 1.17. The Morgan fingerprint density at radius 3 is 2.25 bits per heavy atom. The molecule has 0 bridgehead atoms. The Morgan fingerprint density at radius 1 is 1.33 bits per heavy atom. The lowest BCUT2D eigenvalue weighted by atomic mass is 9.81. The molecule has 0 unspecified atom stereocenters. The average Bonchev–Trinajstić information content (AvgIpc) is 1.88. The van der Waals surface area contributed by atoms with Gasteiger partial charge in [0.2, 0.25) is 5.95 Å². The van der Waals surface area contributed by atoms with E-state index in [0.717, 1.165) is 6.07 Å². The van der Waals surface area contributed by atoms with Gasteiger partial charge in [-0.25, -0.2) is 4.98 Å². The van der Waals surface area contributed by atoms with Crippen LogP contribution in [0.1, 0.15) is 0 Å². The van der Waals surface area contributed by atoms with E-state index in [0.29, 0.717) is 0 Å². The highest BCUT2D eigenvalue weighted by molar-refractivity contribution is 6.58. The SMILES string of the molecule is OB(O)c1ccnc(F)c1.[O].[O]. The van der Waals surface area contributed by atoms with Crippen LogP contribution in [-0.4, -0.2) is 22.2 Å². The fourth-order valence-electron chi connectivity index (χ4n) is 0.578. The molecule has 4 radical (unpaired) electrons. The standard InChI is InChI=1S/C5H5BFNO2.2O/c7-5-3-4(6(9)10)1-2-8-5;;/h1-3,9-10H;;. The van der Waals surface area contributed by atoms with Crippen LogP contribution >= 0.6 is 0 Å². The Bertz CT molecular complexity index is 234. The van der Waals surface area contributed by atoms with Crippen LogP contribution in [0.3, 0.4) is 0 Å². The Balaban J connectivity index is 0. The zero-order chi connectivity index (χ0) is 7.56. The molecular weight excluding hydrogens is 168 g/mol. The van der Waals surface area contributed by atoms with E-state index >= 15 is 0 Å². The van der Waals surface area contributed by atoms with Gasteiger partial charge in [-0.1, -0.05) is 0 Å². The number of aromatic nitrogens is 1. The monoisotopic (exact) mass is 173 g/mol. The molecule has 1 aromatic heterocycles. The molecule has 0 aliphatic heterocycles. The van der Waals surface area contributed by atoms with Crippen LogP contribution in [0, 0.1) is 5.95 Å². The summed E-state index contributed by atoms with van der Waals surface area (Å²) in [7, 11) is -1.63. The fourth-order valence-corrected chi connectivity index (χ4v) is 0.578. The molecule has 0 fully saturated rings. The second-order valence-electron chi connectivity index (χ2n) is 1.79. The maximum Gasteiger partial charge on any atom is 0.488 e. The Kier molecular flexibility index (Phi) is 6.34. The third-order valence-corrected chi connectivity index (χ3v) is 1.05. The van der Waals surface area contributed by atoms with E-state index in [1.807, 2.05) is 0 Å². The summed E-state index contributed by atoms with van der Waals surface area (Å²) >= 11 is 0. The van der Waals surface area contributed by atoms with Crippen LogP contribution in [0.25, 0.3) is 0 Å². The van der Waals surface area contributed by atoms with Crippen molar-refractivity contribution in [1.29, 1.82) is 0 Å². The third kappa shape index (κ3) is 3.40. The van der Waals surface area contributed by atoms with Crippen molar-refractivity contribution in [3.63, 3.8) is 0 Å². The van der Waals surface area contributed by atoms with Crippen molar-refractivity contribution >= 4 is 12.6 Å². The van der Waals surface area contributed by atoms with Crippen molar-refractivity contribution in [2.75, 3.05) is 0 Å². The highest BCUT2D eigenvalue weighted by atomic mass is 19.1. The van der Waals surface area contributed by atoms with E-state index in [9.17, 15) is 4.39 Å². The lowest BCUT2D eigenvalue weighted by Gasteiger charge is -1.95. The smallest absolute Gasteiger partial charge is 0.423 e. The summed E-state index contributed by atoms with van der Waals surface area (Å²) in [5.41, 5.74) is 0.104. The van der Waals surface area contributed by atoms with Crippen molar-refractivity contribution in [1.82, 2.24) is 4.98 Å². The second kappa shape index (κ2) is 5.61. The van der Waals surface area contributed by atoms with Gasteiger partial charge in [-0.2, -0.15) is 4.39 Å². The molecule has 0 saturated heterocycles. The largest absolute Gasteiger partial charge is 0.488 e. The number of hydrogen-bond donors (Lipinski definition) is 2. The molecule has 5 nitrogen and oxygen atoms in total. The van der Waals surface area contributed by atoms with Crippen LogP contribution < -0.4 is 5.46 Å². The minimum absolute atomic E-state index is 0. The quantitative estimate of drug-likeness (QED) is 0.404. The maximum atomic E-state index is 12.2. The van der Waals surface area contributed by atoms with Crippen LogP contribution in [-0.2, 0) is 11.0 Å². The molecule has 0 aromatic carbocycles. The average molecular weight is 173 g/mol. The van der Waals surface area contributed by atoms with E-state index < -0.39 is 13.1 Å². The predicted octanol–water partition coefficient (Wildman–Crippen LogP) is -1.34. The summed E-state index contributed by atoms with van der Waals surface area (Å²) in [5, 5.41) is 17.0. The second-order valence-corrected chi connectivity index (χ2v) is 1.79. The van der Waals surface area contributed by atoms with Crippen LogP contribution in [0.4, 0.5) is 4.39 Å². The van der Waals surface area contributed by atoms with Gasteiger partial charge in [0.25, 0.3) is 0 Å². The molecule has 0 amide bonds. The fraction of sp³-hybridized carbons (Fsp3) is 0. The van der Waals surface area contributed by atoms with Crippen molar-refractivity contribution in [3.05, 3.63) is 24.3 Å². The van der Waals surface area contributed by atoms with Gasteiger partial charge in [0.05, 0.1) is 0 Å². The van der Waals surface area contributed by atoms with Crippen molar-refractivity contribution in [2.45, 2.75) is 0 Å². The highest BCUT2D eigenvalue weighted by Crippen LogP contribution is 1.86. The summed E-state index contributed by atoms with van der Waals surface area (Å²) < 4.78 is 12.2. The first kappa shape index (κ1) is 13.6.